The lowest BCUT2D eigenvalue weighted by atomic mass is 10.1. The van der Waals surface area contributed by atoms with Crippen LogP contribution in [0.1, 0.15) is 50.5 Å². The van der Waals surface area contributed by atoms with E-state index in [2.05, 4.69) is 10.3 Å². The summed E-state index contributed by atoms with van der Waals surface area (Å²) in [7, 11) is 0. The summed E-state index contributed by atoms with van der Waals surface area (Å²) < 4.78 is 1.63. The molecule has 0 atom stereocenters. The summed E-state index contributed by atoms with van der Waals surface area (Å²) in [5.74, 6) is 0.336. The molecule has 0 fully saturated rings. The summed E-state index contributed by atoms with van der Waals surface area (Å²) >= 11 is 1.26. The monoisotopic (exact) mass is 437 g/mol. The largest absolute Gasteiger partial charge is 0.326 e. The van der Waals surface area contributed by atoms with Gasteiger partial charge in [0.15, 0.2) is 10.9 Å². The SMILES string of the molecule is CC(C)CC(=O)Nc1ccc(C(=O)CSc2nc3ccccc3c(=O)n2C(C)C)cc1. The summed E-state index contributed by atoms with van der Waals surface area (Å²) in [4.78, 5) is 42.1. The molecule has 1 amide bonds. The molecule has 31 heavy (non-hydrogen) atoms. The Bertz CT molecular complexity index is 1150. The number of amides is 1. The first kappa shape index (κ1) is 22.7. The van der Waals surface area contributed by atoms with Crippen LogP contribution in [0.15, 0.2) is 58.5 Å². The number of nitrogens with one attached hydrogen (secondary N) is 1. The number of fused-ring (bicyclic) bond motifs is 1. The fraction of sp³-hybridized carbons (Fsp3) is 0.333. The van der Waals surface area contributed by atoms with Crippen molar-refractivity contribution in [1.29, 1.82) is 0 Å². The first-order valence-electron chi connectivity index (χ1n) is 10.3. The van der Waals surface area contributed by atoms with Gasteiger partial charge in [-0.15, -0.1) is 0 Å². The number of nitrogens with zero attached hydrogens (tertiary/aromatic N) is 2. The van der Waals surface area contributed by atoms with Crippen molar-refractivity contribution in [2.24, 2.45) is 5.92 Å². The average molecular weight is 438 g/mol. The molecule has 3 aromatic rings. The van der Waals surface area contributed by atoms with Crippen LogP contribution in [0.3, 0.4) is 0 Å². The highest BCUT2D eigenvalue weighted by Gasteiger charge is 2.16. The zero-order valence-corrected chi connectivity index (χ0v) is 19.0. The van der Waals surface area contributed by atoms with Gasteiger partial charge in [0.05, 0.1) is 16.7 Å². The fourth-order valence-electron chi connectivity index (χ4n) is 3.22. The molecule has 0 unspecified atom stereocenters. The second-order valence-electron chi connectivity index (χ2n) is 8.12. The number of hydrogen-bond donors (Lipinski definition) is 1. The summed E-state index contributed by atoms with van der Waals surface area (Å²) in [6, 6.07) is 14.0. The Morgan fingerprint density at radius 2 is 1.71 bits per heavy atom. The van der Waals surface area contributed by atoms with Gasteiger partial charge in [-0.25, -0.2) is 4.98 Å². The average Bonchev–Trinajstić information content (AvgIpc) is 2.71. The van der Waals surface area contributed by atoms with E-state index in [1.165, 1.54) is 11.8 Å². The standard InChI is InChI=1S/C24H27N3O3S/c1-15(2)13-22(29)25-18-11-9-17(10-12-18)21(28)14-31-24-26-20-8-6-5-7-19(20)23(30)27(24)16(3)4/h5-12,15-16H,13-14H2,1-4H3,(H,25,29). The zero-order chi connectivity index (χ0) is 22.5. The number of benzene rings is 2. The fourth-order valence-corrected chi connectivity index (χ4v) is 4.24. The first-order valence-corrected chi connectivity index (χ1v) is 11.3. The van der Waals surface area contributed by atoms with Crippen molar-refractivity contribution in [1.82, 2.24) is 9.55 Å². The van der Waals surface area contributed by atoms with Crippen LogP contribution in [-0.4, -0.2) is 27.0 Å². The van der Waals surface area contributed by atoms with E-state index in [-0.39, 0.29) is 35.0 Å². The van der Waals surface area contributed by atoms with E-state index >= 15 is 0 Å². The molecule has 2 aromatic carbocycles. The highest BCUT2D eigenvalue weighted by atomic mass is 32.2. The van der Waals surface area contributed by atoms with Crippen LogP contribution < -0.4 is 10.9 Å². The third-order valence-electron chi connectivity index (χ3n) is 4.71. The van der Waals surface area contributed by atoms with Crippen molar-refractivity contribution in [3.8, 4) is 0 Å². The summed E-state index contributed by atoms with van der Waals surface area (Å²) in [5.41, 5.74) is 1.74. The zero-order valence-electron chi connectivity index (χ0n) is 18.2. The molecule has 1 aromatic heterocycles. The number of thioether (sulfide) groups is 1. The summed E-state index contributed by atoms with van der Waals surface area (Å²) in [6.07, 6.45) is 0.452. The van der Waals surface area contributed by atoms with Crippen LogP contribution in [-0.2, 0) is 4.79 Å². The molecule has 0 saturated heterocycles. The molecule has 1 N–H and O–H groups in total. The molecule has 0 aliphatic rings. The van der Waals surface area contributed by atoms with Crippen LogP contribution in [0.5, 0.6) is 0 Å². The Morgan fingerprint density at radius 1 is 1.03 bits per heavy atom. The van der Waals surface area contributed by atoms with Gasteiger partial charge in [-0.3, -0.25) is 19.0 Å². The topological polar surface area (TPSA) is 81.1 Å². The predicted molar refractivity (Wildman–Crippen MR) is 126 cm³/mol. The van der Waals surface area contributed by atoms with Gasteiger partial charge >= 0.3 is 0 Å². The Morgan fingerprint density at radius 3 is 2.35 bits per heavy atom. The molecule has 162 valence electrons. The van der Waals surface area contributed by atoms with Gasteiger partial charge in [0.2, 0.25) is 5.91 Å². The number of para-hydroxylation sites is 1. The molecular formula is C24H27N3O3S. The van der Waals surface area contributed by atoms with E-state index in [0.717, 1.165) is 0 Å². The third kappa shape index (κ3) is 5.61. The minimum Gasteiger partial charge on any atom is -0.326 e. The maximum atomic E-state index is 12.9. The number of ketones is 1. The molecular weight excluding hydrogens is 410 g/mol. The smallest absolute Gasteiger partial charge is 0.262 e. The van der Waals surface area contributed by atoms with Crippen molar-refractivity contribution in [2.75, 3.05) is 11.1 Å². The van der Waals surface area contributed by atoms with Crippen LogP contribution in [0.25, 0.3) is 10.9 Å². The van der Waals surface area contributed by atoms with E-state index in [4.69, 9.17) is 0 Å². The number of carbonyl (C=O) groups excluding carboxylic acids is 2. The van der Waals surface area contributed by atoms with Crippen molar-refractivity contribution in [2.45, 2.75) is 45.3 Å². The van der Waals surface area contributed by atoms with Gasteiger partial charge in [-0.1, -0.05) is 37.7 Å². The van der Waals surface area contributed by atoms with Crippen molar-refractivity contribution >= 4 is 40.0 Å². The minimum atomic E-state index is -0.1000. The lowest BCUT2D eigenvalue weighted by Gasteiger charge is -2.16. The molecule has 7 heteroatoms. The lowest BCUT2D eigenvalue weighted by molar-refractivity contribution is -0.116. The highest BCUT2D eigenvalue weighted by molar-refractivity contribution is 7.99. The Kier molecular flexibility index (Phi) is 7.28. The second kappa shape index (κ2) is 9.92. The number of anilines is 1. The molecule has 0 aliphatic heterocycles. The number of carbonyl (C=O) groups is 2. The number of rotatable bonds is 8. The molecule has 0 spiro atoms. The van der Waals surface area contributed by atoms with Crippen LogP contribution >= 0.6 is 11.8 Å². The van der Waals surface area contributed by atoms with Crippen molar-refractivity contribution in [3.05, 3.63) is 64.4 Å². The van der Waals surface area contributed by atoms with Gasteiger partial charge in [0.1, 0.15) is 0 Å². The molecule has 0 aliphatic carbocycles. The van der Waals surface area contributed by atoms with Gasteiger partial charge in [0, 0.05) is 23.7 Å². The third-order valence-corrected chi connectivity index (χ3v) is 5.66. The predicted octanol–water partition coefficient (Wildman–Crippen LogP) is 4.94. The Hall–Kier alpha value is -2.93. The van der Waals surface area contributed by atoms with E-state index in [9.17, 15) is 14.4 Å². The quantitative estimate of drug-likeness (QED) is 0.307. The molecule has 0 radical (unpaired) electrons. The second-order valence-corrected chi connectivity index (χ2v) is 9.06. The van der Waals surface area contributed by atoms with Crippen LogP contribution in [0.4, 0.5) is 5.69 Å². The van der Waals surface area contributed by atoms with Crippen LogP contribution in [0, 0.1) is 5.92 Å². The van der Waals surface area contributed by atoms with E-state index < -0.39 is 0 Å². The maximum Gasteiger partial charge on any atom is 0.262 e. The van der Waals surface area contributed by atoms with Gasteiger partial charge < -0.3 is 5.32 Å². The Balaban J connectivity index is 1.73. The van der Waals surface area contributed by atoms with Gasteiger partial charge in [0.25, 0.3) is 5.56 Å². The van der Waals surface area contributed by atoms with Gasteiger partial charge in [-0.2, -0.15) is 0 Å². The molecule has 1 heterocycles. The van der Waals surface area contributed by atoms with E-state index in [1.54, 1.807) is 41.0 Å². The molecule has 6 nitrogen and oxygen atoms in total. The molecule has 3 rings (SSSR count). The summed E-state index contributed by atoms with van der Waals surface area (Å²) in [5, 5.41) is 3.94. The number of Topliss-reactive ketones (excluding diaryl/α,β-unsaturated/α-hetero) is 1. The van der Waals surface area contributed by atoms with Crippen molar-refractivity contribution < 1.29 is 9.59 Å². The van der Waals surface area contributed by atoms with Gasteiger partial charge in [-0.05, 0) is 56.2 Å². The minimum absolute atomic E-state index is 0.0429. The maximum absolute atomic E-state index is 12.9. The first-order chi connectivity index (χ1) is 14.8. The lowest BCUT2D eigenvalue weighted by Crippen LogP contribution is -2.25. The van der Waals surface area contributed by atoms with E-state index in [1.807, 2.05) is 39.8 Å². The highest BCUT2D eigenvalue weighted by Crippen LogP contribution is 2.22. The molecule has 0 bridgehead atoms. The number of aromatic nitrogens is 2. The normalized spacial score (nSPS) is 11.3. The number of hydrogen-bond acceptors (Lipinski definition) is 5. The summed E-state index contributed by atoms with van der Waals surface area (Å²) in [6.45, 7) is 7.83. The van der Waals surface area contributed by atoms with Crippen molar-refractivity contribution in [3.63, 3.8) is 0 Å². The van der Waals surface area contributed by atoms with E-state index in [0.29, 0.717) is 33.7 Å². The Labute approximate surface area is 186 Å². The van der Waals surface area contributed by atoms with Crippen LogP contribution in [0.2, 0.25) is 0 Å². The molecule has 0 saturated carbocycles.